The monoisotopic (exact) mass is 266 g/mol. The molecule has 5 heteroatoms. The number of nitrogens with zero attached hydrogens (tertiary/aromatic N) is 2. The standard InChI is InChI=1S/C13H15FN2OS/c1-9(16-18(17)13(2,3)4)11-5-10(8-15)6-12(14)7-11/h5-7H,1-4H3/b16-9+. The van der Waals surface area contributed by atoms with Crippen molar-refractivity contribution in [1.29, 1.82) is 5.26 Å². The first-order valence-electron chi connectivity index (χ1n) is 5.42. The Kier molecular flexibility index (Phi) is 4.49. The molecule has 0 aliphatic rings. The molecule has 0 fully saturated rings. The molecular weight excluding hydrogens is 251 g/mol. The van der Waals surface area contributed by atoms with E-state index in [0.717, 1.165) is 6.07 Å². The maximum absolute atomic E-state index is 13.3. The average molecular weight is 266 g/mol. The predicted octanol–water partition coefficient (Wildman–Crippen LogP) is 2.97. The number of halogens is 1. The Morgan fingerprint density at radius 3 is 2.50 bits per heavy atom. The molecule has 1 aromatic rings. The van der Waals surface area contributed by atoms with Gasteiger partial charge in [0.2, 0.25) is 0 Å². The van der Waals surface area contributed by atoms with Crippen molar-refractivity contribution in [3.63, 3.8) is 0 Å². The maximum Gasteiger partial charge on any atom is 0.144 e. The molecule has 1 aromatic carbocycles. The number of hydrogen-bond donors (Lipinski definition) is 0. The van der Waals surface area contributed by atoms with Crippen molar-refractivity contribution in [2.45, 2.75) is 32.4 Å². The lowest BCUT2D eigenvalue weighted by molar-refractivity contribution is 0.561. The van der Waals surface area contributed by atoms with Gasteiger partial charge in [-0.2, -0.15) is 5.26 Å². The van der Waals surface area contributed by atoms with Crippen molar-refractivity contribution < 1.29 is 8.94 Å². The van der Waals surface area contributed by atoms with Gasteiger partial charge in [0.05, 0.1) is 17.3 Å². The predicted molar refractivity (Wildman–Crippen MR) is 71.2 cm³/mol. The third kappa shape index (κ3) is 3.83. The Hall–Kier alpha value is -1.38. The van der Waals surface area contributed by atoms with Gasteiger partial charge in [-0.3, -0.25) is 0 Å². The van der Waals surface area contributed by atoms with Crippen molar-refractivity contribution in [2.24, 2.45) is 4.40 Å². The minimum absolute atomic E-state index is 0.223. The van der Waals surface area contributed by atoms with Gasteiger partial charge in [0.1, 0.15) is 21.9 Å². The number of hydrogen-bond acceptors (Lipinski definition) is 3. The van der Waals surface area contributed by atoms with Crippen LogP contribution in [-0.2, 0) is 11.4 Å². The van der Waals surface area contributed by atoms with Crippen molar-refractivity contribution in [3.05, 3.63) is 35.1 Å². The van der Waals surface area contributed by atoms with Gasteiger partial charge in [0, 0.05) is 5.56 Å². The summed E-state index contributed by atoms with van der Waals surface area (Å²) in [6.07, 6.45) is 0. The molecule has 1 atom stereocenters. The number of nitriles is 1. The van der Waals surface area contributed by atoms with Crippen molar-refractivity contribution >= 4 is 17.1 Å². The van der Waals surface area contributed by atoms with Gasteiger partial charge in [-0.1, -0.05) is 4.40 Å². The van der Waals surface area contributed by atoms with E-state index in [4.69, 9.17) is 5.26 Å². The summed E-state index contributed by atoms with van der Waals surface area (Å²) < 4.78 is 28.7. The quantitative estimate of drug-likeness (QED) is 0.610. The van der Waals surface area contributed by atoms with Crippen LogP contribution in [-0.4, -0.2) is 15.0 Å². The fourth-order valence-electron chi connectivity index (χ4n) is 1.18. The van der Waals surface area contributed by atoms with E-state index in [-0.39, 0.29) is 5.56 Å². The Morgan fingerprint density at radius 1 is 1.39 bits per heavy atom. The summed E-state index contributed by atoms with van der Waals surface area (Å²) in [7, 11) is 0. The van der Waals surface area contributed by atoms with E-state index in [1.165, 1.54) is 12.1 Å². The fourth-order valence-corrected chi connectivity index (χ4v) is 1.81. The van der Waals surface area contributed by atoms with Crippen LogP contribution in [0.15, 0.2) is 22.6 Å². The van der Waals surface area contributed by atoms with Crippen LogP contribution in [0.1, 0.15) is 38.8 Å². The van der Waals surface area contributed by atoms with E-state index < -0.39 is 21.9 Å². The molecule has 0 amide bonds. The van der Waals surface area contributed by atoms with Gasteiger partial charge in [0.15, 0.2) is 0 Å². The van der Waals surface area contributed by atoms with E-state index in [1.54, 1.807) is 6.92 Å². The third-order valence-corrected chi connectivity index (χ3v) is 3.68. The first kappa shape index (κ1) is 14.7. The number of rotatable bonds is 2. The van der Waals surface area contributed by atoms with Gasteiger partial charge in [0.25, 0.3) is 0 Å². The molecule has 0 spiro atoms. The zero-order valence-electron chi connectivity index (χ0n) is 10.8. The van der Waals surface area contributed by atoms with E-state index in [2.05, 4.69) is 4.40 Å². The SMILES string of the molecule is C/C(=N\[S+]([O-])C(C)(C)C)c1cc(F)cc(C#N)c1. The molecule has 0 saturated carbocycles. The van der Waals surface area contributed by atoms with Crippen LogP contribution in [0.5, 0.6) is 0 Å². The molecular formula is C13H15FN2OS. The maximum atomic E-state index is 13.3. The summed E-state index contributed by atoms with van der Waals surface area (Å²) >= 11 is -1.40. The van der Waals surface area contributed by atoms with Crippen LogP contribution in [0.2, 0.25) is 0 Å². The highest BCUT2D eigenvalue weighted by Crippen LogP contribution is 2.19. The van der Waals surface area contributed by atoms with Crippen LogP contribution >= 0.6 is 0 Å². The molecule has 1 unspecified atom stereocenters. The molecule has 0 N–H and O–H groups in total. The Balaban J connectivity index is 3.12. The van der Waals surface area contributed by atoms with Crippen molar-refractivity contribution in [1.82, 2.24) is 0 Å². The molecule has 0 aliphatic heterocycles. The normalized spacial score (nSPS) is 14.2. The highest BCUT2D eigenvalue weighted by molar-refractivity contribution is 7.91. The lowest BCUT2D eigenvalue weighted by Crippen LogP contribution is -2.26. The van der Waals surface area contributed by atoms with Crippen LogP contribution in [0.25, 0.3) is 0 Å². The smallest absolute Gasteiger partial charge is 0.144 e. The first-order chi connectivity index (χ1) is 8.24. The van der Waals surface area contributed by atoms with Gasteiger partial charge >= 0.3 is 0 Å². The lowest BCUT2D eigenvalue weighted by atomic mass is 10.1. The number of benzene rings is 1. The second kappa shape index (κ2) is 5.51. The molecule has 96 valence electrons. The first-order valence-corrected chi connectivity index (χ1v) is 6.53. The molecule has 18 heavy (non-hydrogen) atoms. The fraction of sp³-hybridized carbons (Fsp3) is 0.385. The van der Waals surface area contributed by atoms with Crippen LogP contribution in [0, 0.1) is 17.1 Å². The van der Waals surface area contributed by atoms with E-state index in [0.29, 0.717) is 11.3 Å². The largest absolute Gasteiger partial charge is 0.591 e. The Bertz CT molecular complexity index is 515. The van der Waals surface area contributed by atoms with Gasteiger partial charge in [-0.25, -0.2) is 4.39 Å². The topological polar surface area (TPSA) is 59.2 Å². The molecule has 1 rings (SSSR count). The molecule has 0 saturated heterocycles. The van der Waals surface area contributed by atoms with Crippen LogP contribution < -0.4 is 0 Å². The minimum Gasteiger partial charge on any atom is -0.591 e. The highest BCUT2D eigenvalue weighted by atomic mass is 32.2. The zero-order valence-corrected chi connectivity index (χ0v) is 11.6. The van der Waals surface area contributed by atoms with E-state index >= 15 is 0 Å². The summed E-state index contributed by atoms with van der Waals surface area (Å²) in [6, 6.07) is 5.83. The van der Waals surface area contributed by atoms with Crippen LogP contribution in [0.3, 0.4) is 0 Å². The molecule has 0 heterocycles. The summed E-state index contributed by atoms with van der Waals surface area (Å²) in [5.74, 6) is -0.500. The minimum atomic E-state index is -1.40. The third-order valence-electron chi connectivity index (χ3n) is 2.19. The molecule has 0 bridgehead atoms. The molecule has 0 aliphatic carbocycles. The van der Waals surface area contributed by atoms with Gasteiger partial charge in [-0.15, -0.1) is 0 Å². The summed E-state index contributed by atoms with van der Waals surface area (Å²) in [4.78, 5) is 0. The van der Waals surface area contributed by atoms with E-state index in [9.17, 15) is 8.94 Å². The molecule has 0 radical (unpaired) electrons. The summed E-state index contributed by atoms with van der Waals surface area (Å²) in [6.45, 7) is 7.09. The highest BCUT2D eigenvalue weighted by Gasteiger charge is 2.26. The lowest BCUT2D eigenvalue weighted by Gasteiger charge is -2.18. The van der Waals surface area contributed by atoms with Crippen molar-refractivity contribution in [2.75, 3.05) is 0 Å². The second-order valence-corrected chi connectivity index (χ2v) is 6.78. The Labute approximate surface area is 110 Å². The van der Waals surface area contributed by atoms with Gasteiger partial charge < -0.3 is 4.55 Å². The zero-order chi connectivity index (χ0) is 13.9. The molecule has 3 nitrogen and oxygen atoms in total. The summed E-state index contributed by atoms with van der Waals surface area (Å²) in [5.41, 5.74) is 1.16. The summed E-state index contributed by atoms with van der Waals surface area (Å²) in [5, 5.41) is 8.76. The van der Waals surface area contributed by atoms with E-state index in [1.807, 2.05) is 26.8 Å². The molecule has 0 aromatic heterocycles. The average Bonchev–Trinajstić information content (AvgIpc) is 2.26. The van der Waals surface area contributed by atoms with Crippen molar-refractivity contribution in [3.8, 4) is 6.07 Å². The van der Waals surface area contributed by atoms with Gasteiger partial charge in [-0.05, 0) is 45.9 Å². The Morgan fingerprint density at radius 2 is 2.00 bits per heavy atom. The second-order valence-electron chi connectivity index (χ2n) is 4.88. The van der Waals surface area contributed by atoms with Crippen LogP contribution in [0.4, 0.5) is 4.39 Å².